The highest BCUT2D eigenvalue weighted by Crippen LogP contribution is 2.42. The monoisotopic (exact) mass is 396 g/mol. The van der Waals surface area contributed by atoms with Gasteiger partial charge in [0.2, 0.25) is 17.3 Å². The van der Waals surface area contributed by atoms with Gasteiger partial charge in [0.05, 0.1) is 19.3 Å². The summed E-state index contributed by atoms with van der Waals surface area (Å²) >= 11 is 1.41. The molecule has 1 aromatic heterocycles. The van der Waals surface area contributed by atoms with Crippen LogP contribution >= 0.6 is 11.8 Å². The van der Waals surface area contributed by atoms with E-state index in [0.29, 0.717) is 34.8 Å². The van der Waals surface area contributed by atoms with Crippen LogP contribution in [0.25, 0.3) is 11.3 Å². The van der Waals surface area contributed by atoms with Crippen LogP contribution in [0.3, 0.4) is 0 Å². The molecule has 0 radical (unpaired) electrons. The smallest absolute Gasteiger partial charge is 0.247 e. The van der Waals surface area contributed by atoms with Gasteiger partial charge in [-0.3, -0.25) is 0 Å². The van der Waals surface area contributed by atoms with Gasteiger partial charge in [-0.25, -0.2) is 0 Å². The lowest BCUT2D eigenvalue weighted by atomic mass is 10.1. The minimum absolute atomic E-state index is 0.422. The van der Waals surface area contributed by atoms with Crippen molar-refractivity contribution in [1.82, 2.24) is 15.2 Å². The average Bonchev–Trinajstić information content (AvgIpc) is 2.90. The van der Waals surface area contributed by atoms with E-state index in [1.807, 2.05) is 55.6 Å². The Hall–Kier alpha value is -3.00. The number of rotatable bonds is 5. The van der Waals surface area contributed by atoms with Crippen LogP contribution in [-0.4, -0.2) is 35.2 Å². The number of methoxy groups -OCH3 is 1. The molecule has 144 valence electrons. The molecule has 2 heterocycles. The van der Waals surface area contributed by atoms with Crippen LogP contribution in [0.15, 0.2) is 47.6 Å². The fraction of sp³-hybridized carbons (Fsp3) is 0.250. The maximum atomic E-state index is 6.27. The number of ether oxygens (including phenoxy) is 3. The van der Waals surface area contributed by atoms with E-state index in [1.165, 1.54) is 11.8 Å². The number of hydrogen-bond donors (Lipinski definition) is 1. The summed E-state index contributed by atoms with van der Waals surface area (Å²) in [5.74, 6) is 1.71. The summed E-state index contributed by atoms with van der Waals surface area (Å²) < 4.78 is 17.6. The zero-order chi connectivity index (χ0) is 19.5. The fourth-order valence-corrected chi connectivity index (χ4v) is 3.40. The third-order valence-corrected chi connectivity index (χ3v) is 4.85. The molecule has 0 spiro atoms. The third-order valence-electron chi connectivity index (χ3n) is 4.31. The molecular formula is C20H20N4O3S. The van der Waals surface area contributed by atoms with Crippen molar-refractivity contribution >= 4 is 17.4 Å². The van der Waals surface area contributed by atoms with Crippen molar-refractivity contribution in [3.8, 4) is 28.6 Å². The fourth-order valence-electron chi connectivity index (χ4n) is 3.10. The number of hydrogen-bond acceptors (Lipinski definition) is 8. The van der Waals surface area contributed by atoms with Crippen molar-refractivity contribution in [3.05, 3.63) is 48.0 Å². The SMILES string of the molecule is CCOc1cccc(C2Nc3ccccc3-c3nnc(SC)nc3O2)c1OC. The third kappa shape index (κ3) is 3.31. The second-order valence-electron chi connectivity index (χ2n) is 5.95. The largest absolute Gasteiger partial charge is 0.492 e. The molecule has 0 saturated heterocycles. The lowest BCUT2D eigenvalue weighted by Gasteiger charge is -2.22. The van der Waals surface area contributed by atoms with Crippen LogP contribution in [-0.2, 0) is 0 Å². The highest BCUT2D eigenvalue weighted by molar-refractivity contribution is 7.98. The van der Waals surface area contributed by atoms with Gasteiger partial charge >= 0.3 is 0 Å². The molecule has 0 saturated carbocycles. The van der Waals surface area contributed by atoms with Gasteiger partial charge in [-0.15, -0.1) is 10.2 Å². The molecule has 3 aromatic rings. The molecule has 0 bridgehead atoms. The summed E-state index contributed by atoms with van der Waals surface area (Å²) in [4.78, 5) is 4.54. The van der Waals surface area contributed by atoms with Gasteiger partial charge in [0.15, 0.2) is 17.2 Å². The Morgan fingerprint density at radius 1 is 1.14 bits per heavy atom. The number of anilines is 1. The summed E-state index contributed by atoms with van der Waals surface area (Å²) in [6.45, 7) is 2.48. The summed E-state index contributed by atoms with van der Waals surface area (Å²) in [5.41, 5.74) is 3.17. The molecule has 1 aliphatic rings. The van der Waals surface area contributed by atoms with Gasteiger partial charge in [-0.05, 0) is 31.4 Å². The van der Waals surface area contributed by atoms with E-state index < -0.39 is 6.23 Å². The van der Waals surface area contributed by atoms with Crippen molar-refractivity contribution in [2.75, 3.05) is 25.3 Å². The van der Waals surface area contributed by atoms with Crippen LogP contribution in [0.4, 0.5) is 5.69 Å². The van der Waals surface area contributed by atoms with Gasteiger partial charge in [-0.2, -0.15) is 4.98 Å². The zero-order valence-electron chi connectivity index (χ0n) is 15.8. The number of aromatic nitrogens is 3. The van der Waals surface area contributed by atoms with E-state index in [4.69, 9.17) is 14.2 Å². The average molecular weight is 396 g/mol. The maximum absolute atomic E-state index is 6.27. The van der Waals surface area contributed by atoms with Crippen molar-refractivity contribution in [3.63, 3.8) is 0 Å². The predicted molar refractivity (Wildman–Crippen MR) is 108 cm³/mol. The molecule has 8 heteroatoms. The Kier molecular flexibility index (Phi) is 5.21. The topological polar surface area (TPSA) is 78.4 Å². The number of nitrogens with one attached hydrogen (secondary N) is 1. The second kappa shape index (κ2) is 7.93. The Bertz CT molecular complexity index is 999. The van der Waals surface area contributed by atoms with E-state index in [-0.39, 0.29) is 0 Å². The van der Waals surface area contributed by atoms with Crippen LogP contribution in [0.2, 0.25) is 0 Å². The minimum atomic E-state index is -0.538. The Morgan fingerprint density at radius 2 is 2.00 bits per heavy atom. The number of benzene rings is 2. The zero-order valence-corrected chi connectivity index (χ0v) is 16.6. The van der Waals surface area contributed by atoms with Gasteiger partial charge in [0, 0.05) is 11.3 Å². The quantitative estimate of drug-likeness (QED) is 0.644. The first-order valence-corrected chi connectivity index (χ1v) is 10.1. The molecule has 1 N–H and O–H groups in total. The highest BCUT2D eigenvalue weighted by Gasteiger charge is 2.28. The van der Waals surface area contributed by atoms with Gasteiger partial charge < -0.3 is 19.5 Å². The van der Waals surface area contributed by atoms with E-state index >= 15 is 0 Å². The van der Waals surface area contributed by atoms with Crippen molar-refractivity contribution in [2.24, 2.45) is 0 Å². The van der Waals surface area contributed by atoms with Gasteiger partial charge in [0.25, 0.3) is 0 Å². The van der Waals surface area contributed by atoms with Crippen molar-refractivity contribution < 1.29 is 14.2 Å². The first kappa shape index (κ1) is 18.4. The van der Waals surface area contributed by atoms with Crippen LogP contribution in [0.5, 0.6) is 17.4 Å². The van der Waals surface area contributed by atoms with E-state index in [1.54, 1.807) is 7.11 Å². The molecule has 0 amide bonds. The summed E-state index contributed by atoms with van der Waals surface area (Å²) in [7, 11) is 1.62. The van der Waals surface area contributed by atoms with Crippen molar-refractivity contribution in [1.29, 1.82) is 0 Å². The van der Waals surface area contributed by atoms with Crippen molar-refractivity contribution in [2.45, 2.75) is 18.3 Å². The Morgan fingerprint density at radius 3 is 2.79 bits per heavy atom. The van der Waals surface area contributed by atoms with E-state index in [0.717, 1.165) is 16.8 Å². The molecule has 1 atom stereocenters. The Labute approximate surface area is 167 Å². The van der Waals surface area contributed by atoms with Gasteiger partial charge in [0.1, 0.15) is 0 Å². The summed E-state index contributed by atoms with van der Waals surface area (Å²) in [5, 5.41) is 12.5. The Balaban J connectivity index is 1.86. The van der Waals surface area contributed by atoms with Crippen LogP contribution < -0.4 is 19.5 Å². The first-order chi connectivity index (χ1) is 13.7. The predicted octanol–water partition coefficient (Wildman–Crippen LogP) is 4.17. The summed E-state index contributed by atoms with van der Waals surface area (Å²) in [6, 6.07) is 13.6. The molecule has 4 rings (SSSR count). The molecule has 28 heavy (non-hydrogen) atoms. The number of para-hydroxylation sites is 2. The maximum Gasteiger partial charge on any atom is 0.247 e. The number of thioether (sulfide) groups is 1. The first-order valence-electron chi connectivity index (χ1n) is 8.86. The molecule has 0 fully saturated rings. The highest BCUT2D eigenvalue weighted by atomic mass is 32.2. The van der Waals surface area contributed by atoms with Crippen LogP contribution in [0.1, 0.15) is 18.7 Å². The summed E-state index contributed by atoms with van der Waals surface area (Å²) in [6.07, 6.45) is 1.36. The van der Waals surface area contributed by atoms with E-state index in [2.05, 4.69) is 20.5 Å². The standard InChI is InChI=1S/C20H20N4O3S/c1-4-26-15-11-7-9-13(17(15)25-2)18-21-14-10-6-5-8-12(14)16-19(27-18)22-20(28-3)24-23-16/h5-11,18,21H,4H2,1-3H3. The second-order valence-corrected chi connectivity index (χ2v) is 6.73. The lowest BCUT2D eigenvalue weighted by molar-refractivity contribution is 0.217. The molecular weight excluding hydrogens is 376 g/mol. The molecule has 2 aromatic carbocycles. The molecule has 7 nitrogen and oxygen atoms in total. The molecule has 0 aliphatic carbocycles. The molecule has 1 unspecified atom stereocenters. The number of fused-ring (bicyclic) bond motifs is 3. The van der Waals surface area contributed by atoms with E-state index in [9.17, 15) is 0 Å². The molecule has 1 aliphatic heterocycles. The van der Waals surface area contributed by atoms with Gasteiger partial charge in [-0.1, -0.05) is 36.0 Å². The minimum Gasteiger partial charge on any atom is -0.492 e. The normalized spacial score (nSPS) is 14.8. The lowest BCUT2D eigenvalue weighted by Crippen LogP contribution is -2.18. The number of nitrogens with zero attached hydrogens (tertiary/aromatic N) is 3. The van der Waals surface area contributed by atoms with Crippen LogP contribution in [0, 0.1) is 0 Å².